The van der Waals surface area contributed by atoms with Gasteiger partial charge in [0.1, 0.15) is 6.61 Å². The number of benzene rings is 3. The zero-order valence-corrected chi connectivity index (χ0v) is 17.2. The Balaban J connectivity index is 1.68. The first kappa shape index (κ1) is 20.9. The number of nitrogens with zero attached hydrogens (tertiary/aromatic N) is 1. The van der Waals surface area contributed by atoms with E-state index < -0.39 is 0 Å². The van der Waals surface area contributed by atoms with Gasteiger partial charge in [-0.05, 0) is 48.0 Å². The summed E-state index contributed by atoms with van der Waals surface area (Å²) < 4.78 is 11.2. The molecule has 0 saturated carbocycles. The van der Waals surface area contributed by atoms with E-state index >= 15 is 0 Å². The Hall–Kier alpha value is -3.80. The van der Waals surface area contributed by atoms with Crippen molar-refractivity contribution in [2.24, 2.45) is 0 Å². The smallest absolute Gasteiger partial charge is 0.255 e. The highest BCUT2D eigenvalue weighted by Crippen LogP contribution is 2.29. The Kier molecular flexibility index (Phi) is 6.70. The monoisotopic (exact) mass is 404 g/mol. The van der Waals surface area contributed by atoms with Crippen LogP contribution in [0.1, 0.15) is 22.8 Å². The van der Waals surface area contributed by atoms with Crippen molar-refractivity contribution in [3.8, 4) is 11.5 Å². The lowest BCUT2D eigenvalue weighted by Gasteiger charge is -2.15. The van der Waals surface area contributed by atoms with Crippen LogP contribution in [0.25, 0.3) is 0 Å². The molecule has 3 aromatic rings. The van der Waals surface area contributed by atoms with E-state index in [1.54, 1.807) is 49.5 Å². The van der Waals surface area contributed by atoms with Crippen molar-refractivity contribution in [3.05, 3.63) is 83.9 Å². The number of methoxy groups -OCH3 is 1. The fraction of sp³-hybridized carbons (Fsp3) is 0.167. The Bertz CT molecular complexity index is 1020. The van der Waals surface area contributed by atoms with Gasteiger partial charge in [-0.25, -0.2) is 0 Å². The van der Waals surface area contributed by atoms with Crippen LogP contribution in [0.5, 0.6) is 11.5 Å². The Morgan fingerprint density at radius 1 is 0.933 bits per heavy atom. The van der Waals surface area contributed by atoms with Gasteiger partial charge in [-0.1, -0.05) is 30.3 Å². The number of ether oxygens (including phenoxy) is 2. The first-order valence-electron chi connectivity index (χ1n) is 9.48. The fourth-order valence-corrected chi connectivity index (χ4v) is 2.82. The number of carbonyl (C=O) groups is 2. The number of amides is 2. The minimum Gasteiger partial charge on any atom is -0.493 e. The molecule has 0 aliphatic heterocycles. The first-order valence-corrected chi connectivity index (χ1v) is 9.48. The van der Waals surface area contributed by atoms with Crippen LogP contribution in [0.3, 0.4) is 0 Å². The van der Waals surface area contributed by atoms with Crippen LogP contribution in [0.15, 0.2) is 72.8 Å². The molecule has 0 fully saturated rings. The molecule has 0 aromatic heterocycles. The SMILES string of the molecule is COc1cc(C(=O)Nc2ccc(N(C)C(C)=O)cc2)ccc1OCc1ccccc1. The maximum absolute atomic E-state index is 12.6. The highest BCUT2D eigenvalue weighted by molar-refractivity contribution is 6.04. The van der Waals surface area contributed by atoms with E-state index in [1.807, 2.05) is 30.3 Å². The zero-order chi connectivity index (χ0) is 21.5. The Morgan fingerprint density at radius 2 is 1.63 bits per heavy atom. The van der Waals surface area contributed by atoms with Crippen LogP contribution in [-0.2, 0) is 11.4 Å². The number of hydrogen-bond acceptors (Lipinski definition) is 4. The maximum atomic E-state index is 12.6. The van der Waals surface area contributed by atoms with Crippen molar-refractivity contribution in [1.82, 2.24) is 0 Å². The molecule has 1 N–H and O–H groups in total. The van der Waals surface area contributed by atoms with Crippen molar-refractivity contribution in [2.75, 3.05) is 24.4 Å². The fourth-order valence-electron chi connectivity index (χ4n) is 2.82. The average molecular weight is 404 g/mol. The highest BCUT2D eigenvalue weighted by atomic mass is 16.5. The van der Waals surface area contributed by atoms with Crippen LogP contribution < -0.4 is 19.7 Å². The van der Waals surface area contributed by atoms with Gasteiger partial charge in [0, 0.05) is 30.9 Å². The van der Waals surface area contributed by atoms with E-state index in [1.165, 1.54) is 18.9 Å². The van der Waals surface area contributed by atoms with Gasteiger partial charge in [0.2, 0.25) is 5.91 Å². The Labute approximate surface area is 176 Å². The molecule has 0 atom stereocenters. The maximum Gasteiger partial charge on any atom is 0.255 e. The van der Waals surface area contributed by atoms with Gasteiger partial charge in [0.15, 0.2) is 11.5 Å². The number of hydrogen-bond donors (Lipinski definition) is 1. The second-order valence-electron chi connectivity index (χ2n) is 6.72. The molecule has 2 amide bonds. The number of nitrogens with one attached hydrogen (secondary N) is 1. The van der Waals surface area contributed by atoms with E-state index in [9.17, 15) is 9.59 Å². The van der Waals surface area contributed by atoms with Gasteiger partial charge in [-0.15, -0.1) is 0 Å². The molecule has 0 saturated heterocycles. The van der Waals surface area contributed by atoms with Crippen molar-refractivity contribution >= 4 is 23.2 Å². The van der Waals surface area contributed by atoms with Gasteiger partial charge in [-0.3, -0.25) is 9.59 Å². The van der Waals surface area contributed by atoms with E-state index in [0.717, 1.165) is 11.3 Å². The summed E-state index contributed by atoms with van der Waals surface area (Å²) in [5.41, 5.74) is 2.87. The lowest BCUT2D eigenvalue weighted by Crippen LogP contribution is -2.22. The molecular weight excluding hydrogens is 380 g/mol. The molecule has 30 heavy (non-hydrogen) atoms. The molecule has 0 heterocycles. The van der Waals surface area contributed by atoms with Crippen molar-refractivity contribution in [3.63, 3.8) is 0 Å². The van der Waals surface area contributed by atoms with Gasteiger partial charge in [0.05, 0.1) is 7.11 Å². The highest BCUT2D eigenvalue weighted by Gasteiger charge is 2.12. The first-order chi connectivity index (χ1) is 14.5. The quantitative estimate of drug-likeness (QED) is 0.629. The summed E-state index contributed by atoms with van der Waals surface area (Å²) in [6.07, 6.45) is 0. The third-order valence-electron chi connectivity index (χ3n) is 4.65. The molecule has 0 spiro atoms. The molecule has 3 aromatic carbocycles. The molecule has 0 bridgehead atoms. The lowest BCUT2D eigenvalue weighted by atomic mass is 10.1. The molecule has 3 rings (SSSR count). The number of anilines is 2. The molecule has 0 aliphatic carbocycles. The largest absolute Gasteiger partial charge is 0.493 e. The number of rotatable bonds is 7. The second-order valence-corrected chi connectivity index (χ2v) is 6.72. The van der Waals surface area contributed by atoms with E-state index in [-0.39, 0.29) is 11.8 Å². The zero-order valence-electron chi connectivity index (χ0n) is 17.2. The van der Waals surface area contributed by atoms with Crippen LogP contribution >= 0.6 is 0 Å². The van der Waals surface area contributed by atoms with E-state index in [0.29, 0.717) is 29.4 Å². The predicted molar refractivity (Wildman–Crippen MR) is 117 cm³/mol. The summed E-state index contributed by atoms with van der Waals surface area (Å²) in [5.74, 6) is 0.718. The van der Waals surface area contributed by atoms with Crippen molar-refractivity contribution in [2.45, 2.75) is 13.5 Å². The summed E-state index contributed by atoms with van der Waals surface area (Å²) in [6.45, 7) is 1.90. The predicted octanol–water partition coefficient (Wildman–Crippen LogP) is 4.51. The molecule has 6 nitrogen and oxygen atoms in total. The molecule has 0 unspecified atom stereocenters. The second kappa shape index (κ2) is 9.60. The third-order valence-corrected chi connectivity index (χ3v) is 4.65. The Morgan fingerprint density at radius 3 is 2.27 bits per heavy atom. The standard InChI is InChI=1S/C24H24N2O4/c1-17(27)26(2)21-12-10-20(11-13-21)25-24(28)19-9-14-22(23(15-19)29-3)30-16-18-7-5-4-6-8-18/h4-15H,16H2,1-3H3,(H,25,28). The van der Waals surface area contributed by atoms with Gasteiger partial charge >= 0.3 is 0 Å². The summed E-state index contributed by atoms with van der Waals surface area (Å²) >= 11 is 0. The van der Waals surface area contributed by atoms with Crippen molar-refractivity contribution in [1.29, 1.82) is 0 Å². The summed E-state index contributed by atoms with van der Waals surface area (Å²) in [6, 6.07) is 21.9. The van der Waals surface area contributed by atoms with Gasteiger partial charge in [-0.2, -0.15) is 0 Å². The van der Waals surface area contributed by atoms with Gasteiger partial charge in [0.25, 0.3) is 5.91 Å². The van der Waals surface area contributed by atoms with Crippen LogP contribution in [0.4, 0.5) is 11.4 Å². The minimum atomic E-state index is -0.268. The van der Waals surface area contributed by atoms with Gasteiger partial charge < -0.3 is 19.7 Å². The lowest BCUT2D eigenvalue weighted by molar-refractivity contribution is -0.116. The summed E-state index contributed by atoms with van der Waals surface area (Å²) in [4.78, 5) is 25.6. The van der Waals surface area contributed by atoms with Crippen LogP contribution in [0, 0.1) is 0 Å². The summed E-state index contributed by atoms with van der Waals surface area (Å²) in [5, 5.41) is 2.84. The van der Waals surface area contributed by atoms with E-state index in [2.05, 4.69) is 5.32 Å². The molecule has 0 radical (unpaired) electrons. The number of carbonyl (C=O) groups excluding carboxylic acids is 2. The van der Waals surface area contributed by atoms with Crippen LogP contribution in [-0.4, -0.2) is 26.0 Å². The average Bonchev–Trinajstić information content (AvgIpc) is 2.78. The van der Waals surface area contributed by atoms with Crippen LogP contribution in [0.2, 0.25) is 0 Å². The third kappa shape index (κ3) is 5.17. The molecular formula is C24H24N2O4. The van der Waals surface area contributed by atoms with E-state index in [4.69, 9.17) is 9.47 Å². The topological polar surface area (TPSA) is 67.9 Å². The summed E-state index contributed by atoms with van der Waals surface area (Å²) in [7, 11) is 3.24. The normalized spacial score (nSPS) is 10.2. The molecule has 0 aliphatic rings. The molecule has 6 heteroatoms. The minimum absolute atomic E-state index is 0.0616. The molecule has 154 valence electrons. The van der Waals surface area contributed by atoms with Crippen molar-refractivity contribution < 1.29 is 19.1 Å².